The van der Waals surface area contributed by atoms with E-state index in [1.54, 1.807) is 36.4 Å². The molecule has 0 saturated heterocycles. The van der Waals surface area contributed by atoms with Crippen molar-refractivity contribution in [3.63, 3.8) is 0 Å². The minimum absolute atomic E-state index is 0.00601. The number of amides is 1. The van der Waals surface area contributed by atoms with E-state index in [0.717, 1.165) is 22.7 Å². The fourth-order valence-corrected chi connectivity index (χ4v) is 3.25. The Labute approximate surface area is 156 Å². The third-order valence-corrected chi connectivity index (χ3v) is 4.76. The van der Waals surface area contributed by atoms with Gasteiger partial charge < -0.3 is 9.88 Å². The number of nitriles is 1. The van der Waals surface area contributed by atoms with Crippen LogP contribution in [0.2, 0.25) is 0 Å². The molecule has 1 aromatic heterocycles. The molecule has 0 radical (unpaired) electrons. The van der Waals surface area contributed by atoms with Gasteiger partial charge in [-0.2, -0.15) is 5.26 Å². The summed E-state index contributed by atoms with van der Waals surface area (Å²) in [4.78, 5) is 17.1. The summed E-state index contributed by atoms with van der Waals surface area (Å²) in [7, 11) is 0. The smallest absolute Gasteiger partial charge is 0.225 e. The van der Waals surface area contributed by atoms with E-state index in [-0.39, 0.29) is 5.91 Å². The zero-order valence-corrected chi connectivity index (χ0v) is 14.9. The summed E-state index contributed by atoms with van der Waals surface area (Å²) >= 11 is 1.60. The Morgan fingerprint density at radius 3 is 2.58 bits per heavy atom. The van der Waals surface area contributed by atoms with Crippen LogP contribution in [0.1, 0.15) is 17.5 Å². The number of carbonyl (C=O) groups is 1. The van der Waals surface area contributed by atoms with Crippen LogP contribution in [0, 0.1) is 11.3 Å². The van der Waals surface area contributed by atoms with Crippen LogP contribution in [0.25, 0.3) is 0 Å². The van der Waals surface area contributed by atoms with Crippen LogP contribution in [0.4, 0.5) is 5.69 Å². The highest BCUT2D eigenvalue weighted by atomic mass is 32.2. The maximum Gasteiger partial charge on any atom is 0.225 e. The second-order valence-corrected chi connectivity index (χ2v) is 6.88. The Morgan fingerprint density at radius 2 is 1.92 bits per heavy atom. The van der Waals surface area contributed by atoms with Crippen LogP contribution in [0.15, 0.2) is 72.1 Å². The van der Waals surface area contributed by atoms with Gasteiger partial charge in [0.1, 0.15) is 0 Å². The Balaban J connectivity index is 1.43. The average molecular weight is 362 g/mol. The zero-order valence-electron chi connectivity index (χ0n) is 14.1. The lowest BCUT2D eigenvalue weighted by Crippen LogP contribution is -2.12. The molecule has 6 heteroatoms. The van der Waals surface area contributed by atoms with Gasteiger partial charge in [0, 0.05) is 41.7 Å². The average Bonchev–Trinajstić information content (AvgIpc) is 3.17. The topological polar surface area (TPSA) is 70.7 Å². The van der Waals surface area contributed by atoms with Crippen molar-refractivity contribution in [3.8, 4) is 6.07 Å². The first-order valence-corrected chi connectivity index (χ1v) is 9.19. The Morgan fingerprint density at radius 1 is 1.15 bits per heavy atom. The van der Waals surface area contributed by atoms with Gasteiger partial charge in [0.2, 0.25) is 5.91 Å². The molecule has 1 amide bonds. The molecular formula is C20H18N4OS. The molecule has 1 heterocycles. The third-order valence-electron chi connectivity index (χ3n) is 3.74. The van der Waals surface area contributed by atoms with E-state index in [4.69, 9.17) is 5.26 Å². The van der Waals surface area contributed by atoms with Gasteiger partial charge in [-0.3, -0.25) is 4.79 Å². The van der Waals surface area contributed by atoms with Crippen molar-refractivity contribution in [2.75, 3.05) is 11.1 Å². The standard InChI is InChI=1S/C20H18N4OS/c21-13-16-3-7-19(8-4-16)26-12-9-20(25)23-18-5-1-17(2-6-18)14-24-11-10-22-15-24/h1-8,10-11,15H,9,12,14H2,(H,23,25). The SMILES string of the molecule is N#Cc1ccc(SCCC(=O)Nc2ccc(Cn3ccnc3)cc2)cc1. The first-order chi connectivity index (χ1) is 12.7. The fraction of sp³-hybridized carbons (Fsp3) is 0.150. The number of imidazole rings is 1. The van der Waals surface area contributed by atoms with Crippen molar-refractivity contribution < 1.29 is 4.79 Å². The number of anilines is 1. The van der Waals surface area contributed by atoms with Crippen molar-refractivity contribution in [3.05, 3.63) is 78.4 Å². The summed E-state index contributed by atoms with van der Waals surface area (Å²) in [5, 5.41) is 11.7. The molecule has 0 saturated carbocycles. The second-order valence-electron chi connectivity index (χ2n) is 5.71. The molecular weight excluding hydrogens is 344 g/mol. The third kappa shape index (κ3) is 5.23. The number of aromatic nitrogens is 2. The Bertz CT molecular complexity index is 881. The molecule has 5 nitrogen and oxygen atoms in total. The van der Waals surface area contributed by atoms with E-state index >= 15 is 0 Å². The molecule has 0 spiro atoms. The van der Waals surface area contributed by atoms with Crippen LogP contribution in [-0.4, -0.2) is 21.2 Å². The summed E-state index contributed by atoms with van der Waals surface area (Å²) in [5.41, 5.74) is 2.59. The number of benzene rings is 2. The predicted octanol–water partition coefficient (Wildman–Crippen LogP) is 3.92. The summed E-state index contributed by atoms with van der Waals surface area (Å²) in [6.07, 6.45) is 5.88. The highest BCUT2D eigenvalue weighted by Crippen LogP contribution is 2.19. The number of carbonyl (C=O) groups excluding carboxylic acids is 1. The quantitative estimate of drug-likeness (QED) is 0.647. The molecule has 2 aromatic carbocycles. The van der Waals surface area contributed by atoms with E-state index in [0.29, 0.717) is 17.7 Å². The number of nitrogens with zero attached hydrogens (tertiary/aromatic N) is 3. The van der Waals surface area contributed by atoms with Gasteiger partial charge in [0.25, 0.3) is 0 Å². The van der Waals surface area contributed by atoms with E-state index < -0.39 is 0 Å². The molecule has 0 fully saturated rings. The van der Waals surface area contributed by atoms with Crippen molar-refractivity contribution >= 4 is 23.4 Å². The first-order valence-electron chi connectivity index (χ1n) is 8.20. The minimum Gasteiger partial charge on any atom is -0.333 e. The summed E-state index contributed by atoms with van der Waals surface area (Å²) in [6.45, 7) is 0.759. The molecule has 3 rings (SSSR count). The van der Waals surface area contributed by atoms with Crippen molar-refractivity contribution in [1.29, 1.82) is 5.26 Å². The predicted molar refractivity (Wildman–Crippen MR) is 103 cm³/mol. The number of rotatable bonds is 7. The second kappa shape index (κ2) is 8.88. The van der Waals surface area contributed by atoms with Gasteiger partial charge in [-0.15, -0.1) is 11.8 Å². The fourth-order valence-electron chi connectivity index (χ4n) is 2.40. The van der Waals surface area contributed by atoms with Crippen molar-refractivity contribution in [2.45, 2.75) is 17.9 Å². The zero-order chi connectivity index (χ0) is 18.2. The van der Waals surface area contributed by atoms with Crippen LogP contribution in [0.3, 0.4) is 0 Å². The van der Waals surface area contributed by atoms with Gasteiger partial charge in [0.15, 0.2) is 0 Å². The normalized spacial score (nSPS) is 10.3. The lowest BCUT2D eigenvalue weighted by Gasteiger charge is -2.07. The molecule has 0 bridgehead atoms. The highest BCUT2D eigenvalue weighted by Gasteiger charge is 2.04. The summed E-state index contributed by atoms with van der Waals surface area (Å²) < 4.78 is 1.99. The molecule has 0 atom stereocenters. The summed E-state index contributed by atoms with van der Waals surface area (Å²) in [6, 6.07) is 17.3. The van der Waals surface area contributed by atoms with Crippen LogP contribution in [0.5, 0.6) is 0 Å². The lowest BCUT2D eigenvalue weighted by atomic mass is 10.2. The number of thioether (sulfide) groups is 1. The van der Waals surface area contributed by atoms with Crippen LogP contribution >= 0.6 is 11.8 Å². The molecule has 130 valence electrons. The Kier molecular flexibility index (Phi) is 6.07. The molecule has 0 aliphatic carbocycles. The van der Waals surface area contributed by atoms with Gasteiger partial charge in [-0.05, 0) is 42.0 Å². The van der Waals surface area contributed by atoms with Crippen molar-refractivity contribution in [2.24, 2.45) is 0 Å². The number of hydrogen-bond donors (Lipinski definition) is 1. The summed E-state index contributed by atoms with van der Waals surface area (Å²) in [5.74, 6) is 0.685. The lowest BCUT2D eigenvalue weighted by molar-refractivity contribution is -0.115. The number of hydrogen-bond acceptors (Lipinski definition) is 4. The van der Waals surface area contributed by atoms with Gasteiger partial charge in [-0.25, -0.2) is 4.98 Å². The van der Waals surface area contributed by atoms with E-state index in [1.807, 2.05) is 47.2 Å². The number of nitrogens with one attached hydrogen (secondary N) is 1. The van der Waals surface area contributed by atoms with Gasteiger partial charge >= 0.3 is 0 Å². The van der Waals surface area contributed by atoms with E-state index in [9.17, 15) is 4.79 Å². The van der Waals surface area contributed by atoms with Gasteiger partial charge in [-0.1, -0.05) is 12.1 Å². The monoisotopic (exact) mass is 362 g/mol. The molecule has 0 aliphatic heterocycles. The maximum atomic E-state index is 12.1. The first kappa shape index (κ1) is 17.8. The molecule has 0 aliphatic rings. The Hall–Kier alpha value is -3.04. The van der Waals surface area contributed by atoms with Gasteiger partial charge in [0.05, 0.1) is 18.0 Å². The molecule has 26 heavy (non-hydrogen) atoms. The molecule has 0 unspecified atom stereocenters. The largest absolute Gasteiger partial charge is 0.333 e. The minimum atomic E-state index is -0.00601. The van der Waals surface area contributed by atoms with Crippen LogP contribution < -0.4 is 5.32 Å². The maximum absolute atomic E-state index is 12.1. The van der Waals surface area contributed by atoms with E-state index in [2.05, 4.69) is 16.4 Å². The van der Waals surface area contributed by atoms with Crippen molar-refractivity contribution in [1.82, 2.24) is 9.55 Å². The molecule has 3 aromatic rings. The van der Waals surface area contributed by atoms with Crippen LogP contribution in [-0.2, 0) is 11.3 Å². The van der Waals surface area contributed by atoms with E-state index in [1.165, 1.54) is 0 Å². The molecule has 1 N–H and O–H groups in total. The highest BCUT2D eigenvalue weighted by molar-refractivity contribution is 7.99.